The fourth-order valence-corrected chi connectivity index (χ4v) is 2.95. The van der Waals surface area contributed by atoms with Gasteiger partial charge in [-0.25, -0.2) is 4.98 Å². The molecule has 0 fully saturated rings. The molecule has 1 N–H and O–H groups in total. The molecule has 0 unspecified atom stereocenters. The molecule has 0 radical (unpaired) electrons. The minimum atomic E-state index is -0.208. The number of hydrogen-bond acceptors (Lipinski definition) is 5. The minimum absolute atomic E-state index is 0.208. The van der Waals surface area contributed by atoms with Crippen LogP contribution in [-0.2, 0) is 6.42 Å². The summed E-state index contributed by atoms with van der Waals surface area (Å²) in [6, 6.07) is 11.1. The van der Waals surface area contributed by atoms with Gasteiger partial charge < -0.3 is 14.5 Å². The molecule has 3 rings (SSSR count). The molecule has 23 heavy (non-hydrogen) atoms. The molecule has 0 aliphatic heterocycles. The Morgan fingerprint density at radius 2 is 2.13 bits per heavy atom. The summed E-state index contributed by atoms with van der Waals surface area (Å²) in [6.45, 7) is 0.519. The lowest BCUT2D eigenvalue weighted by molar-refractivity contribution is 0.0926. The number of hydrogen-bond donors (Lipinski definition) is 1. The Kier molecular flexibility index (Phi) is 4.73. The summed E-state index contributed by atoms with van der Waals surface area (Å²) >= 11 is 1.59. The molecule has 1 aromatic carbocycles. The number of amides is 1. The first-order valence-corrected chi connectivity index (χ1v) is 8.05. The number of carbonyl (C=O) groups is 1. The van der Waals surface area contributed by atoms with Crippen LogP contribution in [0.1, 0.15) is 16.2 Å². The predicted molar refractivity (Wildman–Crippen MR) is 88.8 cm³/mol. The Labute approximate surface area is 137 Å². The first-order chi connectivity index (χ1) is 11.3. The van der Waals surface area contributed by atoms with E-state index in [0.29, 0.717) is 18.7 Å². The lowest BCUT2D eigenvalue weighted by atomic mass is 10.2. The van der Waals surface area contributed by atoms with E-state index in [1.165, 1.54) is 6.26 Å². The van der Waals surface area contributed by atoms with E-state index in [9.17, 15) is 4.79 Å². The summed E-state index contributed by atoms with van der Waals surface area (Å²) in [6.07, 6.45) is 2.16. The van der Waals surface area contributed by atoms with Crippen molar-refractivity contribution in [3.05, 3.63) is 59.5 Å². The lowest BCUT2D eigenvalue weighted by Gasteiger charge is -2.01. The average molecular weight is 328 g/mol. The molecule has 0 atom stereocenters. The van der Waals surface area contributed by atoms with Crippen molar-refractivity contribution in [3.63, 3.8) is 0 Å². The Morgan fingerprint density at radius 1 is 1.30 bits per heavy atom. The highest BCUT2D eigenvalue weighted by atomic mass is 32.1. The van der Waals surface area contributed by atoms with Gasteiger partial charge in [-0.3, -0.25) is 4.79 Å². The van der Waals surface area contributed by atoms with Crippen molar-refractivity contribution in [1.29, 1.82) is 0 Å². The van der Waals surface area contributed by atoms with E-state index in [0.717, 1.165) is 22.0 Å². The fraction of sp³-hybridized carbons (Fsp3) is 0.176. The van der Waals surface area contributed by atoms with Crippen molar-refractivity contribution >= 4 is 17.2 Å². The predicted octanol–water partition coefficient (Wildman–Crippen LogP) is 3.38. The van der Waals surface area contributed by atoms with Crippen molar-refractivity contribution < 1.29 is 13.9 Å². The number of thiazole rings is 1. The second-order valence-electron chi connectivity index (χ2n) is 4.86. The Morgan fingerprint density at radius 3 is 2.83 bits per heavy atom. The molecular formula is C17H16N2O3S. The summed E-state index contributed by atoms with van der Waals surface area (Å²) in [5.74, 6) is 0.939. The molecule has 3 aromatic rings. The quantitative estimate of drug-likeness (QED) is 0.753. The van der Waals surface area contributed by atoms with E-state index in [2.05, 4.69) is 10.3 Å². The number of rotatable bonds is 6. The first kappa shape index (κ1) is 15.3. The number of aromatic nitrogens is 1. The van der Waals surface area contributed by atoms with Crippen LogP contribution in [0.4, 0.5) is 0 Å². The smallest absolute Gasteiger partial charge is 0.286 e. The summed E-state index contributed by atoms with van der Waals surface area (Å²) in [5.41, 5.74) is 2.02. The maximum atomic E-state index is 11.7. The van der Waals surface area contributed by atoms with Gasteiger partial charge in [0.2, 0.25) is 0 Å². The highest BCUT2D eigenvalue weighted by molar-refractivity contribution is 7.13. The Hall–Kier alpha value is -2.60. The van der Waals surface area contributed by atoms with Gasteiger partial charge in [-0.05, 0) is 36.4 Å². The summed E-state index contributed by atoms with van der Waals surface area (Å²) in [4.78, 5) is 16.3. The molecule has 2 aromatic heterocycles. The number of ether oxygens (including phenoxy) is 1. The zero-order chi connectivity index (χ0) is 16.1. The number of carbonyl (C=O) groups excluding carboxylic acids is 1. The van der Waals surface area contributed by atoms with Gasteiger partial charge in [0.1, 0.15) is 10.8 Å². The van der Waals surface area contributed by atoms with Crippen molar-refractivity contribution in [2.75, 3.05) is 13.7 Å². The van der Waals surface area contributed by atoms with Crippen molar-refractivity contribution in [1.82, 2.24) is 10.3 Å². The van der Waals surface area contributed by atoms with E-state index in [-0.39, 0.29) is 5.91 Å². The van der Waals surface area contributed by atoms with Crippen LogP contribution < -0.4 is 10.1 Å². The zero-order valence-corrected chi connectivity index (χ0v) is 13.4. The molecule has 1 amide bonds. The topological polar surface area (TPSA) is 64.4 Å². The van der Waals surface area contributed by atoms with Crippen LogP contribution in [0.5, 0.6) is 5.75 Å². The maximum absolute atomic E-state index is 11.7. The second-order valence-corrected chi connectivity index (χ2v) is 5.71. The third-order valence-electron chi connectivity index (χ3n) is 3.30. The first-order valence-electron chi connectivity index (χ1n) is 7.17. The van der Waals surface area contributed by atoms with Crippen LogP contribution in [0, 0.1) is 0 Å². The third-order valence-corrected chi connectivity index (χ3v) is 4.24. The summed E-state index contributed by atoms with van der Waals surface area (Å²) in [7, 11) is 1.65. The van der Waals surface area contributed by atoms with E-state index in [4.69, 9.17) is 9.15 Å². The van der Waals surface area contributed by atoms with Crippen LogP contribution in [0.25, 0.3) is 10.6 Å². The van der Waals surface area contributed by atoms with Crippen LogP contribution in [0.3, 0.4) is 0 Å². The largest absolute Gasteiger partial charge is 0.497 e. The fourth-order valence-electron chi connectivity index (χ4n) is 2.09. The van der Waals surface area contributed by atoms with Crippen molar-refractivity contribution in [2.45, 2.75) is 6.42 Å². The van der Waals surface area contributed by atoms with E-state index >= 15 is 0 Å². The molecule has 0 aliphatic rings. The second kappa shape index (κ2) is 7.11. The molecule has 0 saturated carbocycles. The van der Waals surface area contributed by atoms with Gasteiger partial charge in [0.15, 0.2) is 5.76 Å². The van der Waals surface area contributed by atoms with Gasteiger partial charge in [-0.2, -0.15) is 0 Å². The minimum Gasteiger partial charge on any atom is -0.497 e. The van der Waals surface area contributed by atoms with E-state index in [1.54, 1.807) is 30.6 Å². The Bertz CT molecular complexity index is 764. The monoisotopic (exact) mass is 328 g/mol. The molecule has 0 aliphatic carbocycles. The van der Waals surface area contributed by atoms with Gasteiger partial charge >= 0.3 is 0 Å². The van der Waals surface area contributed by atoms with Crippen LogP contribution in [0.2, 0.25) is 0 Å². The number of furan rings is 1. The molecule has 0 saturated heterocycles. The average Bonchev–Trinajstić information content (AvgIpc) is 3.27. The third kappa shape index (κ3) is 3.78. The number of benzene rings is 1. The molecule has 2 heterocycles. The number of nitrogens with zero attached hydrogens (tertiary/aromatic N) is 1. The molecule has 0 spiro atoms. The van der Waals surface area contributed by atoms with Gasteiger partial charge in [-0.15, -0.1) is 11.3 Å². The van der Waals surface area contributed by atoms with Gasteiger partial charge in [0.25, 0.3) is 5.91 Å². The normalized spacial score (nSPS) is 10.5. The number of nitrogens with one attached hydrogen (secondary N) is 1. The standard InChI is InChI=1S/C17H16N2O3S/c1-21-14-6-4-12(5-7-14)17-19-13(11-23-17)8-9-18-16(20)15-3-2-10-22-15/h2-7,10-11H,8-9H2,1H3,(H,18,20). The van der Waals surface area contributed by atoms with Gasteiger partial charge in [0, 0.05) is 23.9 Å². The molecule has 6 heteroatoms. The number of methoxy groups -OCH3 is 1. The zero-order valence-electron chi connectivity index (χ0n) is 12.6. The maximum Gasteiger partial charge on any atom is 0.286 e. The van der Waals surface area contributed by atoms with Gasteiger partial charge in [0.05, 0.1) is 19.1 Å². The lowest BCUT2D eigenvalue weighted by Crippen LogP contribution is -2.25. The Balaban J connectivity index is 1.55. The van der Waals surface area contributed by atoms with Crippen LogP contribution in [-0.4, -0.2) is 24.5 Å². The molecule has 118 valence electrons. The van der Waals surface area contributed by atoms with Crippen LogP contribution >= 0.6 is 11.3 Å². The van der Waals surface area contributed by atoms with E-state index in [1.807, 2.05) is 29.6 Å². The SMILES string of the molecule is COc1ccc(-c2nc(CCNC(=O)c3ccco3)cs2)cc1. The molecule has 5 nitrogen and oxygen atoms in total. The van der Waals surface area contributed by atoms with E-state index < -0.39 is 0 Å². The highest BCUT2D eigenvalue weighted by Gasteiger charge is 2.09. The van der Waals surface area contributed by atoms with Crippen molar-refractivity contribution in [2.24, 2.45) is 0 Å². The molecular weight excluding hydrogens is 312 g/mol. The van der Waals surface area contributed by atoms with Gasteiger partial charge in [-0.1, -0.05) is 0 Å². The summed E-state index contributed by atoms with van der Waals surface area (Å²) in [5, 5.41) is 5.78. The van der Waals surface area contributed by atoms with Crippen molar-refractivity contribution in [3.8, 4) is 16.3 Å². The highest BCUT2D eigenvalue weighted by Crippen LogP contribution is 2.25. The summed E-state index contributed by atoms with van der Waals surface area (Å²) < 4.78 is 10.2. The van der Waals surface area contributed by atoms with Crippen LogP contribution in [0.15, 0.2) is 52.5 Å². The molecule has 0 bridgehead atoms.